The van der Waals surface area contributed by atoms with Gasteiger partial charge in [0.2, 0.25) is 0 Å². The summed E-state index contributed by atoms with van der Waals surface area (Å²) in [5.41, 5.74) is 12.1. The monoisotopic (exact) mass is 314 g/mol. The first-order valence-electron chi connectivity index (χ1n) is 7.71. The Bertz CT molecular complexity index is 822. The highest BCUT2D eigenvalue weighted by molar-refractivity contribution is 5.96. The molecule has 0 aromatic heterocycles. The predicted octanol–water partition coefficient (Wildman–Crippen LogP) is 5.32. The Labute approximate surface area is 141 Å². The maximum Gasteiger partial charge on any atom is 0.173 e. The van der Waals surface area contributed by atoms with Crippen molar-refractivity contribution in [3.05, 3.63) is 90.0 Å². The van der Waals surface area contributed by atoms with Crippen molar-refractivity contribution < 1.29 is 0 Å². The quantitative estimate of drug-likeness (QED) is 0.333. The average molecular weight is 314 g/mol. The van der Waals surface area contributed by atoms with Gasteiger partial charge in [-0.3, -0.25) is 5.41 Å². The molecular formula is C20H18N4. The van der Waals surface area contributed by atoms with Crippen LogP contribution in [0, 0.1) is 10.9 Å². The zero-order chi connectivity index (χ0) is 16.8. The molecule has 0 saturated heterocycles. The van der Waals surface area contributed by atoms with Gasteiger partial charge in [0, 0.05) is 17.8 Å². The van der Waals surface area contributed by atoms with Crippen molar-refractivity contribution >= 4 is 11.5 Å². The van der Waals surface area contributed by atoms with E-state index in [9.17, 15) is 0 Å². The van der Waals surface area contributed by atoms with Crippen LogP contribution in [0.15, 0.2) is 84.0 Å². The van der Waals surface area contributed by atoms with Crippen LogP contribution in [0.4, 0.5) is 5.69 Å². The molecule has 118 valence electrons. The molecule has 0 amide bonds. The SMILES string of the molecule is N=NC(=N)c1ccc(NCc2ccc(-c3ccccc3)cc2)cc1. The predicted molar refractivity (Wildman–Crippen MR) is 97.6 cm³/mol. The average Bonchev–Trinajstić information content (AvgIpc) is 2.67. The number of hydrogen-bond donors (Lipinski definition) is 3. The first kappa shape index (κ1) is 15.6. The van der Waals surface area contributed by atoms with Gasteiger partial charge in [0.1, 0.15) is 0 Å². The highest BCUT2D eigenvalue weighted by Gasteiger charge is 2.00. The van der Waals surface area contributed by atoms with E-state index in [1.807, 2.05) is 30.3 Å². The lowest BCUT2D eigenvalue weighted by Gasteiger charge is -2.08. The van der Waals surface area contributed by atoms with Gasteiger partial charge in [-0.05, 0) is 41.0 Å². The summed E-state index contributed by atoms with van der Waals surface area (Å²) in [5, 5.41) is 14.0. The number of nitrogens with one attached hydrogen (secondary N) is 3. The molecule has 0 atom stereocenters. The summed E-state index contributed by atoms with van der Waals surface area (Å²) in [6, 6.07) is 26.2. The van der Waals surface area contributed by atoms with Crippen LogP contribution in [0.2, 0.25) is 0 Å². The van der Waals surface area contributed by atoms with Gasteiger partial charge in [-0.2, -0.15) is 0 Å². The van der Waals surface area contributed by atoms with Crippen LogP contribution >= 0.6 is 0 Å². The molecule has 3 aromatic carbocycles. The van der Waals surface area contributed by atoms with E-state index in [1.165, 1.54) is 16.7 Å². The van der Waals surface area contributed by atoms with E-state index in [1.54, 1.807) is 12.1 Å². The largest absolute Gasteiger partial charge is 0.381 e. The molecule has 3 N–H and O–H groups in total. The lowest BCUT2D eigenvalue weighted by molar-refractivity contribution is 1.15. The number of benzene rings is 3. The van der Waals surface area contributed by atoms with Crippen LogP contribution < -0.4 is 5.32 Å². The third-order valence-electron chi connectivity index (χ3n) is 3.83. The van der Waals surface area contributed by atoms with Gasteiger partial charge >= 0.3 is 0 Å². The van der Waals surface area contributed by atoms with E-state index in [0.29, 0.717) is 5.56 Å². The van der Waals surface area contributed by atoms with Crippen LogP contribution in [0.1, 0.15) is 11.1 Å². The van der Waals surface area contributed by atoms with E-state index in [-0.39, 0.29) is 5.84 Å². The molecule has 4 heteroatoms. The summed E-state index contributed by atoms with van der Waals surface area (Å²) in [6.45, 7) is 0.731. The summed E-state index contributed by atoms with van der Waals surface area (Å²) in [4.78, 5) is 0. The van der Waals surface area contributed by atoms with E-state index >= 15 is 0 Å². The Morgan fingerprint density at radius 2 is 1.42 bits per heavy atom. The second-order valence-electron chi connectivity index (χ2n) is 5.45. The van der Waals surface area contributed by atoms with Crippen molar-refractivity contribution in [2.45, 2.75) is 6.54 Å². The van der Waals surface area contributed by atoms with Crippen LogP contribution in [0.25, 0.3) is 11.1 Å². The smallest absolute Gasteiger partial charge is 0.173 e. The molecule has 0 unspecified atom stereocenters. The van der Waals surface area contributed by atoms with Crippen molar-refractivity contribution in [3.63, 3.8) is 0 Å². The van der Waals surface area contributed by atoms with Gasteiger partial charge < -0.3 is 5.32 Å². The molecule has 0 aliphatic carbocycles. The van der Waals surface area contributed by atoms with E-state index in [2.05, 4.69) is 46.8 Å². The molecule has 0 spiro atoms. The number of hydrogen-bond acceptors (Lipinski definition) is 3. The van der Waals surface area contributed by atoms with Gasteiger partial charge in [0.25, 0.3) is 0 Å². The van der Waals surface area contributed by atoms with Crippen molar-refractivity contribution in [2.75, 3.05) is 5.32 Å². The van der Waals surface area contributed by atoms with Gasteiger partial charge in [0.05, 0.1) is 0 Å². The topological polar surface area (TPSA) is 72.1 Å². The Morgan fingerprint density at radius 3 is 2.04 bits per heavy atom. The first-order chi connectivity index (χ1) is 11.8. The molecule has 0 radical (unpaired) electrons. The standard InChI is InChI=1S/C20H18N4/c21-20(24-22)18-10-12-19(13-11-18)23-14-15-6-8-17(9-7-15)16-4-2-1-3-5-16/h1-13,21-23H,14H2. The fourth-order valence-corrected chi connectivity index (χ4v) is 2.46. The summed E-state index contributed by atoms with van der Waals surface area (Å²) < 4.78 is 0. The molecule has 4 nitrogen and oxygen atoms in total. The Kier molecular flexibility index (Phi) is 4.77. The molecular weight excluding hydrogens is 296 g/mol. The molecule has 0 aliphatic rings. The second-order valence-corrected chi connectivity index (χ2v) is 5.45. The molecule has 3 rings (SSSR count). The molecule has 0 bridgehead atoms. The molecule has 0 fully saturated rings. The molecule has 0 saturated carbocycles. The molecule has 0 aliphatic heterocycles. The fraction of sp³-hybridized carbons (Fsp3) is 0.0500. The van der Waals surface area contributed by atoms with Gasteiger partial charge in [-0.1, -0.05) is 54.6 Å². The summed E-state index contributed by atoms with van der Waals surface area (Å²) in [5.74, 6) is -0.0296. The third kappa shape index (κ3) is 3.73. The lowest BCUT2D eigenvalue weighted by Crippen LogP contribution is -2.00. The Hall–Kier alpha value is -3.27. The summed E-state index contributed by atoms with van der Waals surface area (Å²) in [6.07, 6.45) is 0. The lowest BCUT2D eigenvalue weighted by atomic mass is 10.0. The van der Waals surface area contributed by atoms with Crippen molar-refractivity contribution in [1.29, 1.82) is 10.9 Å². The fourth-order valence-electron chi connectivity index (χ4n) is 2.46. The minimum Gasteiger partial charge on any atom is -0.381 e. The van der Waals surface area contributed by atoms with Crippen molar-refractivity contribution in [3.8, 4) is 11.1 Å². The summed E-state index contributed by atoms with van der Waals surface area (Å²) in [7, 11) is 0. The zero-order valence-corrected chi connectivity index (χ0v) is 13.2. The highest BCUT2D eigenvalue weighted by Crippen LogP contribution is 2.20. The van der Waals surface area contributed by atoms with Crippen LogP contribution in [0.3, 0.4) is 0 Å². The minimum absolute atomic E-state index is 0.0296. The van der Waals surface area contributed by atoms with E-state index < -0.39 is 0 Å². The van der Waals surface area contributed by atoms with E-state index in [0.717, 1.165) is 12.2 Å². The van der Waals surface area contributed by atoms with E-state index in [4.69, 9.17) is 10.9 Å². The number of rotatable bonds is 5. The normalized spacial score (nSPS) is 10.2. The maximum atomic E-state index is 7.50. The van der Waals surface area contributed by atoms with Gasteiger partial charge in [-0.15, -0.1) is 5.11 Å². The van der Waals surface area contributed by atoms with Crippen LogP contribution in [-0.2, 0) is 6.54 Å². The first-order valence-corrected chi connectivity index (χ1v) is 7.71. The summed E-state index contributed by atoms with van der Waals surface area (Å²) >= 11 is 0. The molecule has 0 heterocycles. The zero-order valence-electron chi connectivity index (χ0n) is 13.2. The highest BCUT2D eigenvalue weighted by atomic mass is 15.0. The van der Waals surface area contributed by atoms with Gasteiger partial charge in [0.15, 0.2) is 5.84 Å². The van der Waals surface area contributed by atoms with Crippen molar-refractivity contribution in [1.82, 2.24) is 0 Å². The molecule has 24 heavy (non-hydrogen) atoms. The number of anilines is 1. The third-order valence-corrected chi connectivity index (χ3v) is 3.83. The Balaban J connectivity index is 1.62. The van der Waals surface area contributed by atoms with Crippen LogP contribution in [-0.4, -0.2) is 5.84 Å². The van der Waals surface area contributed by atoms with Crippen molar-refractivity contribution in [2.24, 2.45) is 5.11 Å². The van der Waals surface area contributed by atoms with Gasteiger partial charge in [-0.25, -0.2) is 5.53 Å². The number of nitrogens with zero attached hydrogens (tertiary/aromatic N) is 1. The Morgan fingerprint density at radius 1 is 0.792 bits per heavy atom. The second kappa shape index (κ2) is 7.33. The number of amidine groups is 1. The minimum atomic E-state index is -0.0296. The van der Waals surface area contributed by atoms with Crippen LogP contribution in [0.5, 0.6) is 0 Å². The molecule has 3 aromatic rings. The maximum absolute atomic E-state index is 7.50.